The highest BCUT2D eigenvalue weighted by atomic mass is 32.1. The average molecular weight is 266 g/mol. The van der Waals surface area contributed by atoms with Crippen molar-refractivity contribution in [1.82, 2.24) is 4.90 Å². The maximum atomic E-state index is 5.96. The van der Waals surface area contributed by atoms with Crippen molar-refractivity contribution in [2.75, 3.05) is 6.54 Å². The topological polar surface area (TPSA) is 29.3 Å². The minimum atomic E-state index is 0.513. The number of nitrogens with zero attached hydrogens (tertiary/aromatic N) is 1. The van der Waals surface area contributed by atoms with Crippen LogP contribution in [0.5, 0.6) is 0 Å². The Hall–Kier alpha value is -0.380. The van der Waals surface area contributed by atoms with Crippen molar-refractivity contribution in [2.24, 2.45) is 5.73 Å². The van der Waals surface area contributed by atoms with Crippen molar-refractivity contribution in [3.05, 3.63) is 21.9 Å². The van der Waals surface area contributed by atoms with Gasteiger partial charge < -0.3 is 5.73 Å². The molecule has 0 saturated carbocycles. The van der Waals surface area contributed by atoms with Gasteiger partial charge in [-0.3, -0.25) is 4.90 Å². The summed E-state index contributed by atoms with van der Waals surface area (Å²) in [7, 11) is 0. The predicted molar refractivity (Wildman–Crippen MR) is 80.1 cm³/mol. The van der Waals surface area contributed by atoms with Gasteiger partial charge in [0.1, 0.15) is 0 Å². The fraction of sp³-hybridized carbons (Fsp3) is 0.733. The van der Waals surface area contributed by atoms with Gasteiger partial charge in [-0.2, -0.15) is 0 Å². The molecule has 3 unspecified atom stereocenters. The third kappa shape index (κ3) is 2.79. The molecule has 0 bridgehead atoms. The summed E-state index contributed by atoms with van der Waals surface area (Å²) in [5.41, 5.74) is 5.96. The maximum Gasteiger partial charge on any atom is 0.0419 e. The van der Waals surface area contributed by atoms with Gasteiger partial charge >= 0.3 is 0 Å². The van der Waals surface area contributed by atoms with Crippen LogP contribution in [0.25, 0.3) is 0 Å². The van der Waals surface area contributed by atoms with E-state index in [4.69, 9.17) is 5.73 Å². The summed E-state index contributed by atoms with van der Waals surface area (Å²) < 4.78 is 0. The van der Waals surface area contributed by atoms with Crippen LogP contribution in [-0.2, 0) is 6.42 Å². The van der Waals surface area contributed by atoms with E-state index in [1.807, 2.05) is 11.3 Å². The molecule has 1 aliphatic rings. The van der Waals surface area contributed by atoms with Crippen LogP contribution in [0, 0.1) is 0 Å². The second kappa shape index (κ2) is 6.18. The van der Waals surface area contributed by atoms with Crippen molar-refractivity contribution < 1.29 is 0 Å². The molecule has 2 nitrogen and oxygen atoms in total. The third-order valence-corrected chi connectivity index (χ3v) is 5.65. The number of aryl methyl sites for hydroxylation is 1. The molecule has 1 saturated heterocycles. The summed E-state index contributed by atoms with van der Waals surface area (Å²) in [6.45, 7) is 7.72. The first kappa shape index (κ1) is 14.0. The van der Waals surface area contributed by atoms with Crippen molar-refractivity contribution in [1.29, 1.82) is 0 Å². The number of rotatable bonds is 4. The van der Waals surface area contributed by atoms with Crippen LogP contribution in [0.4, 0.5) is 0 Å². The van der Waals surface area contributed by atoms with Crippen LogP contribution in [-0.4, -0.2) is 23.5 Å². The molecule has 2 heterocycles. The normalized spacial score (nSPS) is 27.3. The molecule has 0 amide bonds. The monoisotopic (exact) mass is 266 g/mol. The first-order chi connectivity index (χ1) is 8.67. The maximum absolute atomic E-state index is 5.96. The van der Waals surface area contributed by atoms with Gasteiger partial charge in [-0.15, -0.1) is 11.3 Å². The van der Waals surface area contributed by atoms with Gasteiger partial charge in [0, 0.05) is 34.4 Å². The van der Waals surface area contributed by atoms with Crippen LogP contribution in [0.1, 0.15) is 55.8 Å². The van der Waals surface area contributed by atoms with Gasteiger partial charge in [0.25, 0.3) is 0 Å². The minimum Gasteiger partial charge on any atom is -0.329 e. The molecule has 18 heavy (non-hydrogen) atoms. The minimum absolute atomic E-state index is 0.513. The number of piperidine rings is 1. The molecule has 3 heteroatoms. The highest BCUT2D eigenvalue weighted by Crippen LogP contribution is 2.35. The van der Waals surface area contributed by atoms with Crippen molar-refractivity contribution in [3.63, 3.8) is 0 Å². The molecule has 2 rings (SSSR count). The molecule has 3 atom stereocenters. The summed E-state index contributed by atoms with van der Waals surface area (Å²) in [6, 6.07) is 6.33. The molecule has 1 aromatic heterocycles. The fourth-order valence-electron chi connectivity index (χ4n) is 3.20. The lowest BCUT2D eigenvalue weighted by Gasteiger charge is -2.43. The van der Waals surface area contributed by atoms with Gasteiger partial charge in [0.15, 0.2) is 0 Å². The zero-order valence-electron chi connectivity index (χ0n) is 11.9. The first-order valence-corrected chi connectivity index (χ1v) is 8.05. The quantitative estimate of drug-likeness (QED) is 0.902. The van der Waals surface area contributed by atoms with Crippen molar-refractivity contribution in [3.8, 4) is 0 Å². The molecule has 102 valence electrons. The lowest BCUT2D eigenvalue weighted by atomic mass is 9.94. The van der Waals surface area contributed by atoms with Gasteiger partial charge in [0.05, 0.1) is 0 Å². The van der Waals surface area contributed by atoms with Crippen molar-refractivity contribution >= 4 is 11.3 Å². The van der Waals surface area contributed by atoms with Gasteiger partial charge in [0.2, 0.25) is 0 Å². The molecule has 2 N–H and O–H groups in total. The Morgan fingerprint density at radius 3 is 2.83 bits per heavy atom. The van der Waals surface area contributed by atoms with Gasteiger partial charge in [-0.05, 0) is 45.2 Å². The van der Waals surface area contributed by atoms with E-state index in [1.54, 1.807) is 0 Å². The molecule has 0 aliphatic carbocycles. The van der Waals surface area contributed by atoms with Gasteiger partial charge in [-0.1, -0.05) is 13.3 Å². The highest BCUT2D eigenvalue weighted by Gasteiger charge is 2.31. The smallest absolute Gasteiger partial charge is 0.0419 e. The lowest BCUT2D eigenvalue weighted by molar-refractivity contribution is 0.0585. The Morgan fingerprint density at radius 1 is 1.44 bits per heavy atom. The zero-order chi connectivity index (χ0) is 13.1. The number of hydrogen-bond acceptors (Lipinski definition) is 3. The van der Waals surface area contributed by atoms with E-state index >= 15 is 0 Å². The zero-order valence-corrected chi connectivity index (χ0v) is 12.7. The number of hydrogen-bond donors (Lipinski definition) is 1. The largest absolute Gasteiger partial charge is 0.329 e. The molecule has 1 aromatic rings. The molecular formula is C15H26N2S. The van der Waals surface area contributed by atoms with Crippen LogP contribution in [0.2, 0.25) is 0 Å². The van der Waals surface area contributed by atoms with E-state index < -0.39 is 0 Å². The fourth-order valence-corrected chi connectivity index (χ4v) is 4.21. The Kier molecular flexibility index (Phi) is 4.82. The summed E-state index contributed by atoms with van der Waals surface area (Å²) in [4.78, 5) is 5.64. The van der Waals surface area contributed by atoms with Crippen LogP contribution in [0.3, 0.4) is 0 Å². The summed E-state index contributed by atoms with van der Waals surface area (Å²) in [6.07, 6.45) is 5.05. The Morgan fingerprint density at radius 2 is 2.22 bits per heavy atom. The summed E-state index contributed by atoms with van der Waals surface area (Å²) in [5, 5.41) is 0. The Bertz CT molecular complexity index is 374. The Balaban J connectivity index is 2.16. The predicted octanol–water partition coefficient (Wildman–Crippen LogP) is 3.57. The molecule has 0 radical (unpaired) electrons. The van der Waals surface area contributed by atoms with E-state index in [2.05, 4.69) is 37.8 Å². The Labute approximate surface area is 115 Å². The number of nitrogens with two attached hydrogens (primary N) is 1. The standard InChI is InChI=1S/C15H26N2S/c1-4-14-8-9-15(18-14)12(3)17-11(2)6-5-7-13(17)10-16/h8-9,11-13H,4-7,10,16H2,1-3H3. The lowest BCUT2D eigenvalue weighted by Crippen LogP contribution is -2.49. The van der Waals surface area contributed by atoms with Crippen LogP contribution < -0.4 is 5.73 Å². The highest BCUT2D eigenvalue weighted by molar-refractivity contribution is 7.12. The van der Waals surface area contributed by atoms with E-state index in [0.29, 0.717) is 18.1 Å². The molecule has 1 fully saturated rings. The molecular weight excluding hydrogens is 240 g/mol. The SMILES string of the molecule is CCc1ccc(C(C)N2C(C)CCCC2CN)s1. The number of thiophene rings is 1. The van der Waals surface area contributed by atoms with E-state index in [-0.39, 0.29) is 0 Å². The number of likely N-dealkylation sites (tertiary alicyclic amines) is 1. The van der Waals surface area contributed by atoms with Gasteiger partial charge in [-0.25, -0.2) is 0 Å². The molecule has 0 aromatic carbocycles. The van der Waals surface area contributed by atoms with Crippen LogP contribution in [0.15, 0.2) is 12.1 Å². The second-order valence-corrected chi connectivity index (χ2v) is 6.65. The van der Waals surface area contributed by atoms with E-state index in [1.165, 1.54) is 29.0 Å². The molecule has 0 spiro atoms. The third-order valence-electron chi connectivity index (χ3n) is 4.25. The van der Waals surface area contributed by atoms with Crippen molar-refractivity contribution in [2.45, 2.75) is 64.6 Å². The van der Waals surface area contributed by atoms with E-state index in [0.717, 1.165) is 13.0 Å². The van der Waals surface area contributed by atoms with Crippen LogP contribution >= 0.6 is 11.3 Å². The average Bonchev–Trinajstić information content (AvgIpc) is 2.86. The first-order valence-electron chi connectivity index (χ1n) is 7.23. The summed E-state index contributed by atoms with van der Waals surface area (Å²) >= 11 is 1.97. The molecule has 1 aliphatic heterocycles. The summed E-state index contributed by atoms with van der Waals surface area (Å²) in [5.74, 6) is 0. The second-order valence-electron chi connectivity index (χ2n) is 5.45. The van der Waals surface area contributed by atoms with E-state index in [9.17, 15) is 0 Å².